The maximum Gasteiger partial charge on any atom is 0.355 e. The third-order valence-corrected chi connectivity index (χ3v) is 3.81. The molecular weight excluding hydrogens is 386 g/mol. The van der Waals surface area contributed by atoms with Crippen molar-refractivity contribution in [3.63, 3.8) is 0 Å². The summed E-state index contributed by atoms with van der Waals surface area (Å²) >= 11 is 3.26. The number of carbonyl (C=O) groups excluding carboxylic acids is 2. The van der Waals surface area contributed by atoms with Crippen LogP contribution in [0, 0.1) is 0 Å². The number of carboxylic acid groups (broad SMARTS) is 1. The molecule has 0 spiro atoms. The Bertz CT molecular complexity index is 729. The molecule has 24 heavy (non-hydrogen) atoms. The van der Waals surface area contributed by atoms with E-state index in [1.54, 1.807) is 6.07 Å². The summed E-state index contributed by atoms with van der Waals surface area (Å²) in [4.78, 5) is 36.9. The zero-order valence-electron chi connectivity index (χ0n) is 12.9. The number of ether oxygens (including phenoxy) is 3. The summed E-state index contributed by atoms with van der Waals surface area (Å²) < 4.78 is 15.3. The zero-order chi connectivity index (χ0) is 17.9. The molecule has 0 fully saturated rings. The molecule has 0 atom stereocenters. The molecule has 0 aromatic heterocycles. The van der Waals surface area contributed by atoms with Gasteiger partial charge in [-0.2, -0.15) is 0 Å². The first-order valence-corrected chi connectivity index (χ1v) is 7.48. The van der Waals surface area contributed by atoms with E-state index in [1.807, 2.05) is 0 Å². The highest BCUT2D eigenvalue weighted by Gasteiger charge is 2.34. The van der Waals surface area contributed by atoms with Crippen molar-refractivity contribution in [2.24, 2.45) is 0 Å². The SMILES string of the molecule is COC(=O)C1=C(C(=O)OC)N(c2cc(Br)ccc2C(=O)O)COC1. The Hall–Kier alpha value is -2.39. The summed E-state index contributed by atoms with van der Waals surface area (Å²) in [7, 11) is 2.34. The molecule has 1 aromatic rings. The second kappa shape index (κ2) is 7.45. The van der Waals surface area contributed by atoms with Gasteiger partial charge in [0.15, 0.2) is 0 Å². The Morgan fingerprint density at radius 2 is 1.88 bits per heavy atom. The second-order valence-corrected chi connectivity index (χ2v) is 5.60. The minimum atomic E-state index is -1.19. The molecular formula is C15H14BrNO7. The summed E-state index contributed by atoms with van der Waals surface area (Å²) in [6.07, 6.45) is 0. The smallest absolute Gasteiger partial charge is 0.355 e. The fourth-order valence-corrected chi connectivity index (χ4v) is 2.59. The number of hydrogen-bond donors (Lipinski definition) is 1. The second-order valence-electron chi connectivity index (χ2n) is 4.68. The van der Waals surface area contributed by atoms with Gasteiger partial charge in [-0.15, -0.1) is 0 Å². The van der Waals surface area contributed by atoms with Gasteiger partial charge in [-0.05, 0) is 18.2 Å². The van der Waals surface area contributed by atoms with Gasteiger partial charge in [0.2, 0.25) is 0 Å². The lowest BCUT2D eigenvalue weighted by Gasteiger charge is -2.32. The third-order valence-electron chi connectivity index (χ3n) is 3.31. The molecule has 0 amide bonds. The molecule has 0 aliphatic carbocycles. The lowest BCUT2D eigenvalue weighted by Crippen LogP contribution is -2.39. The van der Waals surface area contributed by atoms with Crippen molar-refractivity contribution in [1.82, 2.24) is 0 Å². The van der Waals surface area contributed by atoms with Crippen molar-refractivity contribution in [3.05, 3.63) is 39.5 Å². The van der Waals surface area contributed by atoms with Crippen molar-refractivity contribution in [2.75, 3.05) is 32.5 Å². The van der Waals surface area contributed by atoms with Gasteiger partial charge in [0.1, 0.15) is 12.4 Å². The largest absolute Gasteiger partial charge is 0.478 e. The van der Waals surface area contributed by atoms with Crippen molar-refractivity contribution in [2.45, 2.75) is 0 Å². The van der Waals surface area contributed by atoms with Gasteiger partial charge in [-0.3, -0.25) is 0 Å². The Morgan fingerprint density at radius 1 is 1.21 bits per heavy atom. The van der Waals surface area contributed by atoms with E-state index < -0.39 is 17.9 Å². The number of hydrogen-bond acceptors (Lipinski definition) is 7. The fourth-order valence-electron chi connectivity index (χ4n) is 2.24. The first kappa shape index (κ1) is 18.0. The Balaban J connectivity index is 2.68. The van der Waals surface area contributed by atoms with Crippen molar-refractivity contribution in [3.8, 4) is 0 Å². The predicted octanol–water partition coefficient (Wildman–Crippen LogP) is 1.54. The summed E-state index contributed by atoms with van der Waals surface area (Å²) in [5.74, 6) is -2.74. The first-order chi connectivity index (χ1) is 11.4. The van der Waals surface area contributed by atoms with E-state index in [-0.39, 0.29) is 35.9 Å². The number of methoxy groups -OCH3 is 2. The maximum absolute atomic E-state index is 12.2. The van der Waals surface area contributed by atoms with Crippen LogP contribution in [0.2, 0.25) is 0 Å². The van der Waals surface area contributed by atoms with Crippen LogP contribution in [0.15, 0.2) is 33.9 Å². The van der Waals surface area contributed by atoms with Crippen LogP contribution in [-0.2, 0) is 23.8 Å². The van der Waals surface area contributed by atoms with Crippen LogP contribution in [0.3, 0.4) is 0 Å². The van der Waals surface area contributed by atoms with E-state index in [0.29, 0.717) is 4.47 Å². The van der Waals surface area contributed by atoms with Gasteiger partial charge in [0, 0.05) is 4.47 Å². The monoisotopic (exact) mass is 399 g/mol. The molecule has 9 heteroatoms. The van der Waals surface area contributed by atoms with E-state index in [2.05, 4.69) is 20.7 Å². The van der Waals surface area contributed by atoms with E-state index in [1.165, 1.54) is 24.1 Å². The molecule has 2 rings (SSSR count). The minimum absolute atomic E-state index is 0.0492. The van der Waals surface area contributed by atoms with Gasteiger partial charge in [0.05, 0.1) is 37.7 Å². The normalized spacial score (nSPS) is 14.4. The van der Waals surface area contributed by atoms with Gasteiger partial charge >= 0.3 is 17.9 Å². The fraction of sp³-hybridized carbons (Fsp3) is 0.267. The quantitative estimate of drug-likeness (QED) is 0.760. The standard InChI is InChI=1S/C15H14BrNO7/c1-22-14(20)10-6-24-7-17(12(10)15(21)23-2)11-5-8(16)3-4-9(11)13(18)19/h3-5H,6-7H2,1-2H3,(H,18,19). The number of halogens is 1. The summed E-state index contributed by atoms with van der Waals surface area (Å²) in [6.45, 7) is -0.272. The molecule has 1 aromatic carbocycles. The number of anilines is 1. The number of carboxylic acids is 1. The van der Waals surface area contributed by atoms with Crippen LogP contribution in [0.1, 0.15) is 10.4 Å². The summed E-state index contributed by atoms with van der Waals surface area (Å²) in [5.41, 5.74) is -0.0455. The van der Waals surface area contributed by atoms with Crippen LogP contribution in [0.5, 0.6) is 0 Å². The summed E-state index contributed by atoms with van der Waals surface area (Å²) in [5, 5.41) is 9.38. The number of nitrogens with zero attached hydrogens (tertiary/aromatic N) is 1. The van der Waals surface area contributed by atoms with E-state index >= 15 is 0 Å². The van der Waals surface area contributed by atoms with Crippen molar-refractivity contribution >= 4 is 39.5 Å². The van der Waals surface area contributed by atoms with Gasteiger partial charge in [-0.25, -0.2) is 14.4 Å². The highest BCUT2D eigenvalue weighted by atomic mass is 79.9. The maximum atomic E-state index is 12.2. The topological polar surface area (TPSA) is 102 Å². The predicted molar refractivity (Wildman–Crippen MR) is 85.5 cm³/mol. The lowest BCUT2D eigenvalue weighted by molar-refractivity contribution is -0.140. The van der Waals surface area contributed by atoms with Crippen molar-refractivity contribution in [1.29, 1.82) is 0 Å². The Morgan fingerprint density at radius 3 is 2.46 bits per heavy atom. The van der Waals surface area contributed by atoms with Crippen LogP contribution in [0.4, 0.5) is 5.69 Å². The Labute approximate surface area is 145 Å². The van der Waals surface area contributed by atoms with Gasteiger partial charge in [0.25, 0.3) is 0 Å². The molecule has 128 valence electrons. The lowest BCUT2D eigenvalue weighted by atomic mass is 10.1. The van der Waals surface area contributed by atoms with Crippen LogP contribution < -0.4 is 4.90 Å². The molecule has 1 aliphatic heterocycles. The van der Waals surface area contributed by atoms with E-state index in [9.17, 15) is 19.5 Å². The molecule has 1 heterocycles. The Kier molecular flexibility index (Phi) is 5.58. The molecule has 1 aliphatic rings. The minimum Gasteiger partial charge on any atom is -0.478 e. The van der Waals surface area contributed by atoms with Crippen LogP contribution >= 0.6 is 15.9 Å². The average Bonchev–Trinajstić information content (AvgIpc) is 2.59. The third kappa shape index (κ3) is 3.41. The van der Waals surface area contributed by atoms with Crippen LogP contribution in [-0.4, -0.2) is 50.6 Å². The highest BCUT2D eigenvalue weighted by Crippen LogP contribution is 2.31. The number of benzene rings is 1. The number of esters is 2. The molecule has 0 unspecified atom stereocenters. The van der Waals surface area contributed by atoms with Gasteiger partial charge in [-0.1, -0.05) is 15.9 Å². The molecule has 0 radical (unpaired) electrons. The van der Waals surface area contributed by atoms with Gasteiger partial charge < -0.3 is 24.2 Å². The molecule has 0 saturated heterocycles. The van der Waals surface area contributed by atoms with Crippen LogP contribution in [0.25, 0.3) is 0 Å². The van der Waals surface area contributed by atoms with Crippen molar-refractivity contribution < 1.29 is 33.7 Å². The average molecular weight is 400 g/mol. The zero-order valence-corrected chi connectivity index (χ0v) is 14.5. The summed E-state index contributed by atoms with van der Waals surface area (Å²) in [6, 6.07) is 4.44. The van der Waals surface area contributed by atoms with E-state index in [0.717, 1.165) is 7.11 Å². The highest BCUT2D eigenvalue weighted by molar-refractivity contribution is 9.10. The molecule has 1 N–H and O–H groups in total. The molecule has 0 bridgehead atoms. The number of aromatic carboxylic acids is 1. The molecule has 8 nitrogen and oxygen atoms in total. The number of carbonyl (C=O) groups is 3. The first-order valence-electron chi connectivity index (χ1n) is 6.68. The number of rotatable bonds is 4. The molecule has 0 saturated carbocycles. The van der Waals surface area contributed by atoms with E-state index in [4.69, 9.17) is 9.47 Å².